The van der Waals surface area contributed by atoms with Crippen LogP contribution in [0.25, 0.3) is 0 Å². The summed E-state index contributed by atoms with van der Waals surface area (Å²) in [7, 11) is 0. The molecule has 1 aromatic rings. The summed E-state index contributed by atoms with van der Waals surface area (Å²) in [5.74, 6) is 0.0728. The lowest BCUT2D eigenvalue weighted by Gasteiger charge is -2.22. The molecule has 0 aromatic heterocycles. The van der Waals surface area contributed by atoms with Crippen molar-refractivity contribution >= 4 is 5.78 Å². The summed E-state index contributed by atoms with van der Waals surface area (Å²) in [6.07, 6.45) is 10.2. The molecule has 0 amide bonds. The molecule has 3 nitrogen and oxygen atoms in total. The monoisotopic (exact) mass is 374 g/mol. The van der Waals surface area contributed by atoms with Gasteiger partial charge in [0.05, 0.1) is 12.2 Å². The van der Waals surface area contributed by atoms with Crippen LogP contribution in [0.3, 0.4) is 0 Å². The van der Waals surface area contributed by atoms with Gasteiger partial charge in [0, 0.05) is 18.3 Å². The average Bonchev–Trinajstić information content (AvgIpc) is 2.95. The van der Waals surface area contributed by atoms with E-state index in [1.165, 1.54) is 25.7 Å². The van der Waals surface area contributed by atoms with Gasteiger partial charge >= 0.3 is 0 Å². The fourth-order valence-electron chi connectivity index (χ4n) is 4.41. The normalized spacial score (nSPS) is 23.7. The maximum Gasteiger partial charge on any atom is 0.139 e. The quantitative estimate of drug-likeness (QED) is 0.462. The van der Waals surface area contributed by atoms with E-state index in [2.05, 4.69) is 13.8 Å². The minimum atomic E-state index is -0.571. The predicted molar refractivity (Wildman–Crippen MR) is 111 cm³/mol. The van der Waals surface area contributed by atoms with E-state index in [1.54, 1.807) is 0 Å². The molecule has 1 aromatic carbocycles. The SMILES string of the molecule is CCCCCCC[C@H]1C(=O)C[C@@H](O)[C@@H]1c1ccc(C(O)CCCCC)cc1. The predicted octanol–water partition coefficient (Wildman–Crippen LogP) is 5.69. The molecule has 1 fully saturated rings. The van der Waals surface area contributed by atoms with Crippen LogP contribution in [0.1, 0.15) is 108 Å². The van der Waals surface area contributed by atoms with Crippen LogP contribution in [0.15, 0.2) is 24.3 Å². The number of aliphatic hydroxyl groups is 2. The van der Waals surface area contributed by atoms with Gasteiger partial charge in [0.15, 0.2) is 0 Å². The molecule has 1 saturated carbocycles. The van der Waals surface area contributed by atoms with Crippen molar-refractivity contribution in [3.8, 4) is 0 Å². The van der Waals surface area contributed by atoms with E-state index in [9.17, 15) is 15.0 Å². The maximum atomic E-state index is 12.4. The Hall–Kier alpha value is -1.19. The Bertz CT molecular complexity index is 551. The molecule has 2 rings (SSSR count). The number of rotatable bonds is 12. The average molecular weight is 375 g/mol. The van der Waals surface area contributed by atoms with E-state index in [1.807, 2.05) is 24.3 Å². The van der Waals surface area contributed by atoms with Crippen molar-refractivity contribution in [2.24, 2.45) is 5.92 Å². The minimum absolute atomic E-state index is 0.0537. The molecule has 1 aliphatic rings. The third-order valence-electron chi connectivity index (χ3n) is 6.08. The molecule has 1 unspecified atom stereocenters. The maximum absolute atomic E-state index is 12.4. The Labute approximate surface area is 165 Å². The van der Waals surface area contributed by atoms with Crippen LogP contribution in [0.2, 0.25) is 0 Å². The Morgan fingerprint density at radius 3 is 2.26 bits per heavy atom. The lowest BCUT2D eigenvalue weighted by atomic mass is 9.83. The van der Waals surface area contributed by atoms with Crippen LogP contribution >= 0.6 is 0 Å². The van der Waals surface area contributed by atoms with Gasteiger partial charge < -0.3 is 10.2 Å². The highest BCUT2D eigenvalue weighted by Gasteiger charge is 2.41. The van der Waals surface area contributed by atoms with Crippen LogP contribution in [-0.2, 0) is 4.79 Å². The fourth-order valence-corrected chi connectivity index (χ4v) is 4.41. The molecule has 0 aliphatic heterocycles. The van der Waals surface area contributed by atoms with E-state index >= 15 is 0 Å². The summed E-state index contributed by atoms with van der Waals surface area (Å²) in [6, 6.07) is 7.96. The van der Waals surface area contributed by atoms with Gasteiger partial charge in [0.1, 0.15) is 5.78 Å². The summed E-state index contributed by atoms with van der Waals surface area (Å²) in [5.41, 5.74) is 1.97. The van der Waals surface area contributed by atoms with Gasteiger partial charge in [-0.05, 0) is 24.0 Å². The highest BCUT2D eigenvalue weighted by Crippen LogP contribution is 2.41. The zero-order valence-electron chi connectivity index (χ0n) is 17.2. The van der Waals surface area contributed by atoms with E-state index < -0.39 is 12.2 Å². The molecule has 152 valence electrons. The van der Waals surface area contributed by atoms with Crippen molar-refractivity contribution < 1.29 is 15.0 Å². The zero-order chi connectivity index (χ0) is 19.6. The molecule has 0 saturated heterocycles. The first-order valence-electron chi connectivity index (χ1n) is 11.1. The second-order valence-electron chi connectivity index (χ2n) is 8.25. The zero-order valence-corrected chi connectivity index (χ0v) is 17.2. The third-order valence-corrected chi connectivity index (χ3v) is 6.08. The number of carbonyl (C=O) groups excluding carboxylic acids is 1. The molecule has 0 radical (unpaired) electrons. The van der Waals surface area contributed by atoms with Gasteiger partial charge in [-0.25, -0.2) is 0 Å². The molecule has 1 aliphatic carbocycles. The Morgan fingerprint density at radius 2 is 1.59 bits per heavy atom. The number of ketones is 1. The van der Waals surface area contributed by atoms with Gasteiger partial charge in [0.25, 0.3) is 0 Å². The van der Waals surface area contributed by atoms with Crippen molar-refractivity contribution in [1.82, 2.24) is 0 Å². The number of unbranched alkanes of at least 4 members (excludes halogenated alkanes) is 6. The first-order valence-corrected chi connectivity index (χ1v) is 11.1. The molecule has 3 heteroatoms. The van der Waals surface area contributed by atoms with E-state index in [0.29, 0.717) is 0 Å². The lowest BCUT2D eigenvalue weighted by molar-refractivity contribution is -0.121. The Kier molecular flexibility index (Phi) is 9.50. The summed E-state index contributed by atoms with van der Waals surface area (Å²) < 4.78 is 0. The third kappa shape index (κ3) is 6.43. The number of Topliss-reactive ketones (excluding diaryl/α,β-unsaturated/α-hetero) is 1. The highest BCUT2D eigenvalue weighted by molar-refractivity contribution is 5.85. The van der Waals surface area contributed by atoms with Crippen LogP contribution in [0.4, 0.5) is 0 Å². The van der Waals surface area contributed by atoms with Crippen LogP contribution < -0.4 is 0 Å². The highest BCUT2D eigenvalue weighted by atomic mass is 16.3. The van der Waals surface area contributed by atoms with Crippen molar-refractivity contribution in [2.45, 2.75) is 103 Å². The van der Waals surface area contributed by atoms with E-state index in [4.69, 9.17) is 0 Å². The molecule has 0 bridgehead atoms. The van der Waals surface area contributed by atoms with Crippen LogP contribution in [-0.4, -0.2) is 22.1 Å². The smallest absolute Gasteiger partial charge is 0.139 e. The van der Waals surface area contributed by atoms with Gasteiger partial charge in [0.2, 0.25) is 0 Å². The van der Waals surface area contributed by atoms with Gasteiger partial charge in [-0.3, -0.25) is 4.79 Å². The van der Waals surface area contributed by atoms with Gasteiger partial charge in [-0.2, -0.15) is 0 Å². The second-order valence-corrected chi connectivity index (χ2v) is 8.25. The topological polar surface area (TPSA) is 57.5 Å². The fraction of sp³-hybridized carbons (Fsp3) is 0.708. The lowest BCUT2D eigenvalue weighted by Crippen LogP contribution is -2.18. The standard InChI is InChI=1S/C24H38O3/c1-3-5-7-8-10-11-20-22(26)17-23(27)24(20)19-15-13-18(14-16-19)21(25)12-9-6-4-2/h13-16,20-21,23-25,27H,3-12,17H2,1-2H3/t20-,21?,23+,24+/m0/s1. The molecule has 27 heavy (non-hydrogen) atoms. The Balaban J connectivity index is 1.97. The van der Waals surface area contributed by atoms with Gasteiger partial charge in [-0.15, -0.1) is 0 Å². The van der Waals surface area contributed by atoms with Crippen LogP contribution in [0.5, 0.6) is 0 Å². The van der Waals surface area contributed by atoms with Crippen molar-refractivity contribution in [3.05, 3.63) is 35.4 Å². The van der Waals surface area contributed by atoms with E-state index in [0.717, 1.165) is 49.7 Å². The number of benzene rings is 1. The van der Waals surface area contributed by atoms with Crippen LogP contribution in [0, 0.1) is 5.92 Å². The molecule has 2 N–H and O–H groups in total. The summed E-state index contributed by atoms with van der Waals surface area (Å²) in [5, 5.41) is 20.8. The molecular weight excluding hydrogens is 336 g/mol. The largest absolute Gasteiger partial charge is 0.392 e. The number of hydrogen-bond acceptors (Lipinski definition) is 3. The number of carbonyl (C=O) groups is 1. The Morgan fingerprint density at radius 1 is 0.963 bits per heavy atom. The summed E-state index contributed by atoms with van der Waals surface area (Å²) in [4.78, 5) is 12.4. The second kappa shape index (κ2) is 11.6. The van der Waals surface area contributed by atoms with Crippen molar-refractivity contribution in [2.75, 3.05) is 0 Å². The molecule has 0 spiro atoms. The molecule has 0 heterocycles. The van der Waals surface area contributed by atoms with Gasteiger partial charge in [-0.1, -0.05) is 89.5 Å². The van der Waals surface area contributed by atoms with E-state index in [-0.39, 0.29) is 24.0 Å². The summed E-state index contributed by atoms with van der Waals surface area (Å²) in [6.45, 7) is 4.37. The number of aliphatic hydroxyl groups excluding tert-OH is 2. The number of hydrogen-bond donors (Lipinski definition) is 2. The van der Waals surface area contributed by atoms with Crippen molar-refractivity contribution in [3.63, 3.8) is 0 Å². The first kappa shape index (κ1) is 22.1. The molecular formula is C24H38O3. The van der Waals surface area contributed by atoms with Crippen molar-refractivity contribution in [1.29, 1.82) is 0 Å². The minimum Gasteiger partial charge on any atom is -0.392 e. The first-order chi connectivity index (χ1) is 13.1. The summed E-state index contributed by atoms with van der Waals surface area (Å²) >= 11 is 0. The molecule has 4 atom stereocenters.